The summed E-state index contributed by atoms with van der Waals surface area (Å²) in [6.07, 6.45) is 1.70. The van der Waals surface area contributed by atoms with Gasteiger partial charge in [-0.1, -0.05) is 27.5 Å². The third-order valence-corrected chi connectivity index (χ3v) is 2.38. The second-order valence-electron chi connectivity index (χ2n) is 2.93. The van der Waals surface area contributed by atoms with Crippen molar-refractivity contribution in [1.29, 1.82) is 0 Å². The minimum atomic E-state index is -0.204. The van der Waals surface area contributed by atoms with Gasteiger partial charge in [-0.3, -0.25) is 9.48 Å². The number of carbonyl (C=O) groups excluding carboxylic acids is 1. The van der Waals surface area contributed by atoms with Crippen LogP contribution in [0.5, 0.6) is 0 Å². The van der Waals surface area contributed by atoms with Gasteiger partial charge in [0.25, 0.3) is 0 Å². The van der Waals surface area contributed by atoms with E-state index in [9.17, 15) is 4.79 Å². The lowest BCUT2D eigenvalue weighted by Gasteiger charge is -2.04. The summed E-state index contributed by atoms with van der Waals surface area (Å²) in [5, 5.41) is 7.37. The summed E-state index contributed by atoms with van der Waals surface area (Å²) in [6.45, 7) is 2.11. The van der Waals surface area contributed by atoms with Crippen LogP contribution in [-0.2, 0) is 18.4 Å². The van der Waals surface area contributed by atoms with E-state index >= 15 is 0 Å². The number of halogens is 2. The van der Waals surface area contributed by atoms with E-state index in [-0.39, 0.29) is 10.7 Å². The molecule has 1 unspecified atom stereocenters. The zero-order valence-corrected chi connectivity index (χ0v) is 10.3. The molecule has 0 fully saturated rings. The summed E-state index contributed by atoms with van der Waals surface area (Å²) in [7, 11) is 1.78. The van der Waals surface area contributed by atoms with Gasteiger partial charge in [-0.15, -0.1) is 0 Å². The van der Waals surface area contributed by atoms with E-state index in [0.29, 0.717) is 17.3 Å². The molecule has 14 heavy (non-hydrogen) atoms. The third kappa shape index (κ3) is 2.99. The monoisotopic (exact) mass is 279 g/mol. The van der Waals surface area contributed by atoms with Crippen molar-refractivity contribution in [1.82, 2.24) is 15.1 Å². The Morgan fingerprint density at radius 2 is 2.50 bits per heavy atom. The van der Waals surface area contributed by atoms with Gasteiger partial charge in [0.15, 0.2) is 0 Å². The summed E-state index contributed by atoms with van der Waals surface area (Å²) in [4.78, 5) is 11.0. The van der Waals surface area contributed by atoms with Gasteiger partial charge < -0.3 is 5.32 Å². The highest BCUT2D eigenvalue weighted by atomic mass is 79.9. The summed E-state index contributed by atoms with van der Waals surface area (Å²) in [5.41, 5.74) is 0.677. The Morgan fingerprint density at radius 1 is 1.86 bits per heavy atom. The number of alkyl halides is 1. The Labute approximate surface area is 95.7 Å². The Balaban J connectivity index is 2.54. The van der Waals surface area contributed by atoms with Crippen LogP contribution in [0.3, 0.4) is 0 Å². The molecule has 6 heteroatoms. The number of aryl methyl sites for hydroxylation is 1. The van der Waals surface area contributed by atoms with Crippen LogP contribution in [0.2, 0.25) is 5.02 Å². The molecule has 0 aliphatic carbocycles. The van der Waals surface area contributed by atoms with E-state index in [1.54, 1.807) is 24.9 Å². The van der Waals surface area contributed by atoms with Crippen molar-refractivity contribution < 1.29 is 4.79 Å². The quantitative estimate of drug-likeness (QED) is 0.853. The number of hydrogen-bond donors (Lipinski definition) is 1. The summed E-state index contributed by atoms with van der Waals surface area (Å²) in [6, 6.07) is 0. The Bertz CT molecular complexity index is 337. The van der Waals surface area contributed by atoms with E-state index in [0.717, 1.165) is 0 Å². The molecule has 0 radical (unpaired) electrons. The molecule has 1 aromatic rings. The molecular formula is C8H11BrClN3O. The van der Waals surface area contributed by atoms with E-state index in [1.165, 1.54) is 0 Å². The van der Waals surface area contributed by atoms with Crippen molar-refractivity contribution in [3.8, 4) is 0 Å². The van der Waals surface area contributed by atoms with Crippen molar-refractivity contribution in [2.75, 3.05) is 0 Å². The maximum Gasteiger partial charge on any atom is 0.233 e. The molecule has 4 nitrogen and oxygen atoms in total. The predicted molar refractivity (Wildman–Crippen MR) is 58.5 cm³/mol. The summed E-state index contributed by atoms with van der Waals surface area (Å²) >= 11 is 9.03. The smallest absolute Gasteiger partial charge is 0.233 e. The van der Waals surface area contributed by atoms with Gasteiger partial charge in [-0.2, -0.15) is 5.10 Å². The third-order valence-electron chi connectivity index (χ3n) is 1.65. The normalized spacial score (nSPS) is 12.6. The van der Waals surface area contributed by atoms with E-state index in [4.69, 9.17) is 11.6 Å². The lowest BCUT2D eigenvalue weighted by Crippen LogP contribution is -2.29. The Kier molecular flexibility index (Phi) is 3.95. The molecule has 0 saturated carbocycles. The van der Waals surface area contributed by atoms with Gasteiger partial charge in [-0.25, -0.2) is 0 Å². The first-order chi connectivity index (χ1) is 6.50. The number of aromatic nitrogens is 2. The van der Waals surface area contributed by atoms with E-state index in [2.05, 4.69) is 26.3 Å². The standard InChI is InChI=1S/C8H11BrClN3O/c1-5(9)8(14)11-3-7-6(10)4-13(2)12-7/h4-5H,3H2,1-2H3,(H,11,14). The zero-order valence-electron chi connectivity index (χ0n) is 7.92. The van der Waals surface area contributed by atoms with Gasteiger partial charge in [0, 0.05) is 13.2 Å². The number of nitrogens with zero attached hydrogens (tertiary/aromatic N) is 2. The molecule has 1 heterocycles. The summed E-state index contributed by atoms with van der Waals surface area (Å²) < 4.78 is 1.61. The van der Waals surface area contributed by atoms with Gasteiger partial charge in [0.2, 0.25) is 5.91 Å². The summed E-state index contributed by atoms with van der Waals surface area (Å²) in [5.74, 6) is -0.0771. The maximum atomic E-state index is 11.2. The minimum Gasteiger partial charge on any atom is -0.349 e. The largest absolute Gasteiger partial charge is 0.349 e. The van der Waals surface area contributed by atoms with Crippen molar-refractivity contribution in [3.05, 3.63) is 16.9 Å². The number of carbonyl (C=O) groups is 1. The molecule has 1 aromatic heterocycles. The van der Waals surface area contributed by atoms with Crippen LogP contribution < -0.4 is 5.32 Å². The van der Waals surface area contributed by atoms with Gasteiger partial charge in [0.1, 0.15) is 5.69 Å². The first kappa shape index (κ1) is 11.5. The molecular weight excluding hydrogens is 269 g/mol. The van der Waals surface area contributed by atoms with Crippen LogP contribution in [0.1, 0.15) is 12.6 Å². The number of hydrogen-bond acceptors (Lipinski definition) is 2. The highest BCUT2D eigenvalue weighted by molar-refractivity contribution is 9.10. The topological polar surface area (TPSA) is 46.9 Å². The van der Waals surface area contributed by atoms with Gasteiger partial charge in [0.05, 0.1) is 16.4 Å². The van der Waals surface area contributed by atoms with Crippen molar-refractivity contribution in [3.63, 3.8) is 0 Å². The lowest BCUT2D eigenvalue weighted by molar-refractivity contribution is -0.120. The molecule has 0 aliphatic heterocycles. The fourth-order valence-corrected chi connectivity index (χ4v) is 1.34. The number of rotatable bonds is 3. The highest BCUT2D eigenvalue weighted by Crippen LogP contribution is 2.12. The Morgan fingerprint density at radius 3 is 2.93 bits per heavy atom. The molecule has 0 aromatic carbocycles. The molecule has 78 valence electrons. The van der Waals surface area contributed by atoms with Crippen molar-refractivity contribution in [2.24, 2.45) is 7.05 Å². The molecule has 0 bridgehead atoms. The molecule has 1 N–H and O–H groups in total. The van der Waals surface area contributed by atoms with Crippen LogP contribution in [0, 0.1) is 0 Å². The molecule has 0 aliphatic rings. The van der Waals surface area contributed by atoms with E-state index in [1.807, 2.05) is 0 Å². The lowest BCUT2D eigenvalue weighted by atomic mass is 10.4. The average molecular weight is 281 g/mol. The van der Waals surface area contributed by atoms with Crippen LogP contribution in [0.15, 0.2) is 6.20 Å². The molecule has 0 saturated heterocycles. The van der Waals surface area contributed by atoms with Gasteiger partial charge >= 0.3 is 0 Å². The van der Waals surface area contributed by atoms with Crippen LogP contribution in [-0.4, -0.2) is 20.5 Å². The SMILES string of the molecule is CC(Br)C(=O)NCc1nn(C)cc1Cl. The highest BCUT2D eigenvalue weighted by Gasteiger charge is 2.10. The predicted octanol–water partition coefficient (Wildman–Crippen LogP) is 1.47. The van der Waals surface area contributed by atoms with Crippen molar-refractivity contribution in [2.45, 2.75) is 18.3 Å². The zero-order chi connectivity index (χ0) is 10.7. The first-order valence-electron chi connectivity index (χ1n) is 4.10. The number of amides is 1. The second-order valence-corrected chi connectivity index (χ2v) is 4.71. The first-order valence-corrected chi connectivity index (χ1v) is 5.40. The minimum absolute atomic E-state index is 0.0771. The van der Waals surface area contributed by atoms with Crippen LogP contribution in [0.25, 0.3) is 0 Å². The molecule has 1 amide bonds. The van der Waals surface area contributed by atoms with Crippen LogP contribution in [0.4, 0.5) is 0 Å². The average Bonchev–Trinajstić information content (AvgIpc) is 2.40. The van der Waals surface area contributed by atoms with Gasteiger partial charge in [-0.05, 0) is 6.92 Å². The second kappa shape index (κ2) is 4.79. The molecule has 0 spiro atoms. The number of nitrogens with one attached hydrogen (secondary N) is 1. The van der Waals surface area contributed by atoms with Crippen molar-refractivity contribution >= 4 is 33.4 Å². The molecule has 1 rings (SSSR count). The maximum absolute atomic E-state index is 11.2. The molecule has 1 atom stereocenters. The van der Waals surface area contributed by atoms with E-state index < -0.39 is 0 Å². The van der Waals surface area contributed by atoms with Crippen LogP contribution >= 0.6 is 27.5 Å². The fourth-order valence-electron chi connectivity index (χ4n) is 0.937. The fraction of sp³-hybridized carbons (Fsp3) is 0.500. The Hall–Kier alpha value is -0.550.